The van der Waals surface area contributed by atoms with Gasteiger partial charge in [-0.15, -0.1) is 0 Å². The van der Waals surface area contributed by atoms with E-state index in [-0.39, 0.29) is 42.5 Å². The van der Waals surface area contributed by atoms with Gasteiger partial charge < -0.3 is 4.79 Å². The average Bonchev–Trinajstić information content (AvgIpc) is 2.46. The van der Waals surface area contributed by atoms with E-state index < -0.39 is 10.0 Å². The molecule has 6 heteroatoms. The molecular formula is C15H19NO4S. The molecule has 1 saturated heterocycles. The molecule has 0 spiro atoms. The van der Waals surface area contributed by atoms with Crippen molar-refractivity contribution in [2.75, 3.05) is 13.1 Å². The second-order valence-electron chi connectivity index (χ2n) is 5.33. The van der Waals surface area contributed by atoms with Crippen molar-refractivity contribution in [1.29, 1.82) is 0 Å². The van der Waals surface area contributed by atoms with Crippen molar-refractivity contribution in [1.82, 2.24) is 4.31 Å². The zero-order chi connectivity index (χ0) is 15.5. The van der Waals surface area contributed by atoms with Crippen LogP contribution in [0.25, 0.3) is 0 Å². The lowest BCUT2D eigenvalue weighted by atomic mass is 9.93. The van der Waals surface area contributed by atoms with Gasteiger partial charge in [-0.05, 0) is 25.5 Å². The molecule has 1 atom stereocenters. The Balaban J connectivity index is 2.18. The Morgan fingerprint density at radius 2 is 1.95 bits per heavy atom. The lowest BCUT2D eigenvalue weighted by Crippen LogP contribution is -2.44. The number of ketones is 1. The average molecular weight is 309 g/mol. The fourth-order valence-electron chi connectivity index (χ4n) is 2.48. The van der Waals surface area contributed by atoms with Crippen LogP contribution in [0.3, 0.4) is 0 Å². The van der Waals surface area contributed by atoms with Crippen molar-refractivity contribution in [2.45, 2.75) is 31.1 Å². The number of carbonyl (C=O) groups is 2. The van der Waals surface area contributed by atoms with E-state index in [4.69, 9.17) is 0 Å². The molecule has 0 aliphatic carbocycles. The number of carbonyl (C=O) groups excluding carboxylic acids is 2. The van der Waals surface area contributed by atoms with Gasteiger partial charge in [0.1, 0.15) is 12.1 Å². The van der Waals surface area contributed by atoms with Crippen LogP contribution in [0.2, 0.25) is 0 Å². The van der Waals surface area contributed by atoms with E-state index in [2.05, 4.69) is 0 Å². The minimum Gasteiger partial charge on any atom is -0.303 e. The van der Waals surface area contributed by atoms with Crippen LogP contribution in [-0.4, -0.2) is 37.9 Å². The molecule has 0 saturated carbocycles. The smallest absolute Gasteiger partial charge is 0.243 e. The third-order valence-electron chi connectivity index (χ3n) is 3.78. The maximum Gasteiger partial charge on any atom is 0.243 e. The standard InChI is InChI=1S/C15H19NO4S/c1-12-4-6-14(7-5-12)21(19,20)16-9-8-15(18)13(11-16)3-2-10-17/h4-7,10,13H,2-3,8-9,11H2,1H3. The first-order valence-electron chi connectivity index (χ1n) is 6.98. The minimum atomic E-state index is -3.57. The van der Waals surface area contributed by atoms with E-state index in [1.165, 1.54) is 4.31 Å². The molecule has 1 aliphatic heterocycles. The highest BCUT2D eigenvalue weighted by Crippen LogP contribution is 2.24. The van der Waals surface area contributed by atoms with E-state index in [0.717, 1.165) is 11.8 Å². The first kappa shape index (κ1) is 15.9. The number of sulfonamides is 1. The molecule has 1 heterocycles. The largest absolute Gasteiger partial charge is 0.303 e. The Morgan fingerprint density at radius 1 is 1.29 bits per heavy atom. The summed E-state index contributed by atoms with van der Waals surface area (Å²) in [7, 11) is -3.57. The van der Waals surface area contributed by atoms with E-state index in [1.54, 1.807) is 24.3 Å². The molecule has 0 N–H and O–H groups in total. The second kappa shape index (κ2) is 6.49. The van der Waals surface area contributed by atoms with Gasteiger partial charge in [-0.2, -0.15) is 4.31 Å². The van der Waals surface area contributed by atoms with E-state index >= 15 is 0 Å². The van der Waals surface area contributed by atoms with Gasteiger partial charge in [0.25, 0.3) is 0 Å². The van der Waals surface area contributed by atoms with Gasteiger partial charge in [0.2, 0.25) is 10.0 Å². The summed E-state index contributed by atoms with van der Waals surface area (Å²) in [4.78, 5) is 22.5. The van der Waals surface area contributed by atoms with Crippen LogP contribution < -0.4 is 0 Å². The van der Waals surface area contributed by atoms with Crippen LogP contribution >= 0.6 is 0 Å². The van der Waals surface area contributed by atoms with E-state index in [9.17, 15) is 18.0 Å². The van der Waals surface area contributed by atoms with Gasteiger partial charge in [0, 0.05) is 31.8 Å². The molecule has 1 fully saturated rings. The van der Waals surface area contributed by atoms with Crippen molar-refractivity contribution in [3.05, 3.63) is 29.8 Å². The fourth-order valence-corrected chi connectivity index (χ4v) is 3.96. The Labute approximate surface area is 125 Å². The van der Waals surface area contributed by atoms with Gasteiger partial charge >= 0.3 is 0 Å². The number of aldehydes is 1. The van der Waals surface area contributed by atoms with Gasteiger partial charge in [-0.25, -0.2) is 8.42 Å². The maximum absolute atomic E-state index is 12.6. The molecule has 21 heavy (non-hydrogen) atoms. The third-order valence-corrected chi connectivity index (χ3v) is 5.66. The zero-order valence-electron chi connectivity index (χ0n) is 12.0. The Hall–Kier alpha value is -1.53. The third kappa shape index (κ3) is 3.57. The lowest BCUT2D eigenvalue weighted by molar-refractivity contribution is -0.125. The quantitative estimate of drug-likeness (QED) is 0.774. The molecule has 0 aromatic heterocycles. The van der Waals surface area contributed by atoms with Crippen molar-refractivity contribution in [2.24, 2.45) is 5.92 Å². The molecule has 2 rings (SSSR count). The van der Waals surface area contributed by atoms with Crippen LogP contribution in [0.15, 0.2) is 29.2 Å². The monoisotopic (exact) mass is 309 g/mol. The van der Waals surface area contributed by atoms with Gasteiger partial charge in [-0.3, -0.25) is 4.79 Å². The zero-order valence-corrected chi connectivity index (χ0v) is 12.8. The number of aryl methyl sites for hydroxylation is 1. The summed E-state index contributed by atoms with van der Waals surface area (Å²) in [6, 6.07) is 6.68. The number of piperidine rings is 1. The maximum atomic E-state index is 12.6. The number of benzene rings is 1. The van der Waals surface area contributed by atoms with Crippen LogP contribution in [0.4, 0.5) is 0 Å². The lowest BCUT2D eigenvalue weighted by Gasteiger charge is -2.30. The topological polar surface area (TPSA) is 71.5 Å². The summed E-state index contributed by atoms with van der Waals surface area (Å²) in [5.74, 6) is -0.323. The number of Topliss-reactive ketones (excluding diaryl/α,β-unsaturated/α-hetero) is 1. The molecule has 5 nitrogen and oxygen atoms in total. The van der Waals surface area contributed by atoms with Crippen molar-refractivity contribution < 1.29 is 18.0 Å². The minimum absolute atomic E-state index is 0.0483. The molecule has 1 unspecified atom stereocenters. The van der Waals surface area contributed by atoms with Crippen LogP contribution in [0.1, 0.15) is 24.8 Å². The normalized spacial score (nSPS) is 20.4. The predicted molar refractivity (Wildman–Crippen MR) is 78.3 cm³/mol. The number of nitrogens with zero attached hydrogens (tertiary/aromatic N) is 1. The molecule has 0 bridgehead atoms. The molecule has 114 valence electrons. The molecule has 1 aliphatic rings. The van der Waals surface area contributed by atoms with Gasteiger partial charge in [-0.1, -0.05) is 17.7 Å². The fraction of sp³-hybridized carbons (Fsp3) is 0.467. The summed E-state index contributed by atoms with van der Waals surface area (Å²) in [6.07, 6.45) is 1.69. The van der Waals surface area contributed by atoms with Crippen LogP contribution in [0.5, 0.6) is 0 Å². The number of hydrogen-bond donors (Lipinski definition) is 0. The molecular weight excluding hydrogens is 290 g/mol. The summed E-state index contributed by atoms with van der Waals surface area (Å²) < 4.78 is 26.5. The number of rotatable bonds is 5. The Morgan fingerprint density at radius 3 is 2.57 bits per heavy atom. The summed E-state index contributed by atoms with van der Waals surface area (Å²) in [5, 5.41) is 0. The SMILES string of the molecule is Cc1ccc(S(=O)(=O)N2CCC(=O)C(CCC=O)C2)cc1. The molecule has 1 aromatic rings. The Kier molecular flexibility index (Phi) is 4.90. The summed E-state index contributed by atoms with van der Waals surface area (Å²) in [5.41, 5.74) is 0.992. The van der Waals surface area contributed by atoms with Crippen LogP contribution in [-0.2, 0) is 19.6 Å². The first-order valence-corrected chi connectivity index (χ1v) is 8.42. The predicted octanol–water partition coefficient (Wildman–Crippen LogP) is 1.55. The van der Waals surface area contributed by atoms with Gasteiger partial charge in [0.05, 0.1) is 4.90 Å². The first-order chi connectivity index (χ1) is 9.95. The highest BCUT2D eigenvalue weighted by molar-refractivity contribution is 7.89. The number of hydrogen-bond acceptors (Lipinski definition) is 4. The molecule has 0 radical (unpaired) electrons. The molecule has 0 amide bonds. The van der Waals surface area contributed by atoms with Crippen molar-refractivity contribution in [3.63, 3.8) is 0 Å². The highest BCUT2D eigenvalue weighted by atomic mass is 32.2. The molecule has 1 aromatic carbocycles. The van der Waals surface area contributed by atoms with E-state index in [0.29, 0.717) is 6.42 Å². The Bertz CT molecular complexity index is 622. The summed E-state index contributed by atoms with van der Waals surface area (Å²) in [6.45, 7) is 2.28. The summed E-state index contributed by atoms with van der Waals surface area (Å²) >= 11 is 0. The van der Waals surface area contributed by atoms with Crippen molar-refractivity contribution >= 4 is 22.1 Å². The van der Waals surface area contributed by atoms with Gasteiger partial charge in [0.15, 0.2) is 0 Å². The van der Waals surface area contributed by atoms with Crippen LogP contribution in [0, 0.1) is 12.8 Å². The van der Waals surface area contributed by atoms with E-state index in [1.807, 2.05) is 6.92 Å². The van der Waals surface area contributed by atoms with Crippen molar-refractivity contribution in [3.8, 4) is 0 Å². The second-order valence-corrected chi connectivity index (χ2v) is 7.27. The highest BCUT2D eigenvalue weighted by Gasteiger charge is 2.34.